The van der Waals surface area contributed by atoms with Crippen LogP contribution in [0.15, 0.2) is 54.3 Å². The van der Waals surface area contributed by atoms with Crippen LogP contribution in [0.2, 0.25) is 0 Å². The molecule has 0 fully saturated rings. The molecule has 5 nitrogen and oxygen atoms in total. The molecule has 0 saturated carbocycles. The van der Waals surface area contributed by atoms with Gasteiger partial charge in [0.2, 0.25) is 0 Å². The second kappa shape index (κ2) is 8.65. The lowest BCUT2D eigenvalue weighted by Gasteiger charge is -2.23. The quantitative estimate of drug-likeness (QED) is 0.509. The first kappa shape index (κ1) is 21.3. The van der Waals surface area contributed by atoms with Gasteiger partial charge in [0.1, 0.15) is 17.2 Å². The van der Waals surface area contributed by atoms with Gasteiger partial charge in [0.15, 0.2) is 0 Å². The number of methoxy groups -OCH3 is 1. The largest absolute Gasteiger partial charge is 0.482 e. The maximum absolute atomic E-state index is 13.5. The van der Waals surface area contributed by atoms with Gasteiger partial charge >= 0.3 is 0 Å². The van der Waals surface area contributed by atoms with Gasteiger partial charge in [0, 0.05) is 31.4 Å². The zero-order chi connectivity index (χ0) is 22.0. The van der Waals surface area contributed by atoms with Gasteiger partial charge in [-0.2, -0.15) is 0 Å². The smallest absolute Gasteiger partial charge is 0.260 e. The molecule has 2 aromatic rings. The molecule has 2 heterocycles. The third-order valence-corrected chi connectivity index (χ3v) is 5.56. The molecule has 2 aromatic carbocycles. The lowest BCUT2D eigenvalue weighted by atomic mass is 9.91. The van der Waals surface area contributed by atoms with Crippen molar-refractivity contribution < 1.29 is 18.7 Å². The summed E-state index contributed by atoms with van der Waals surface area (Å²) >= 11 is 0. The standard InChI is InChI=1S/C25H27FN2O3/c1-25(2)20(17-7-5-16(6-8-17)15-27-11-4-12-30-3)14-22(31-25)23-19-10-9-18(26)13-21(19)28-24(23)29/h5-10,13-14,27H,4,11-12,15H2,1-3H3,(H,28,29)/b23-22+. The zero-order valence-corrected chi connectivity index (χ0v) is 18.0. The first-order chi connectivity index (χ1) is 14.9. The molecule has 0 aliphatic carbocycles. The SMILES string of the molecule is COCCCNCc1ccc(C2=C/C(=C3\C(=O)Nc4cc(F)ccc43)OC2(C)C)cc1. The zero-order valence-electron chi connectivity index (χ0n) is 18.0. The molecule has 162 valence electrons. The number of carbonyl (C=O) groups excluding carboxylic acids is 1. The van der Waals surface area contributed by atoms with E-state index >= 15 is 0 Å². The van der Waals surface area contributed by atoms with Crippen molar-refractivity contribution in [1.29, 1.82) is 0 Å². The van der Waals surface area contributed by atoms with E-state index in [-0.39, 0.29) is 11.7 Å². The number of allylic oxidation sites excluding steroid dienone is 1. The number of anilines is 1. The Kier molecular flexibility index (Phi) is 5.94. The van der Waals surface area contributed by atoms with Crippen LogP contribution in [0.1, 0.15) is 37.0 Å². The fraction of sp³-hybridized carbons (Fsp3) is 0.320. The van der Waals surface area contributed by atoms with Crippen molar-refractivity contribution in [2.45, 2.75) is 32.4 Å². The average molecular weight is 423 g/mol. The maximum Gasteiger partial charge on any atom is 0.260 e. The highest BCUT2D eigenvalue weighted by molar-refractivity contribution is 6.32. The van der Waals surface area contributed by atoms with Crippen LogP contribution in [0, 0.1) is 5.82 Å². The van der Waals surface area contributed by atoms with E-state index < -0.39 is 5.60 Å². The molecular weight excluding hydrogens is 395 g/mol. The van der Waals surface area contributed by atoms with E-state index in [9.17, 15) is 9.18 Å². The molecule has 2 aliphatic heterocycles. The second-order valence-corrected chi connectivity index (χ2v) is 8.27. The average Bonchev–Trinajstić information content (AvgIpc) is 3.22. The van der Waals surface area contributed by atoms with E-state index in [0.29, 0.717) is 22.6 Å². The summed E-state index contributed by atoms with van der Waals surface area (Å²) in [4.78, 5) is 12.6. The van der Waals surface area contributed by atoms with E-state index in [1.54, 1.807) is 13.2 Å². The number of benzene rings is 2. The Bertz CT molecular complexity index is 1050. The number of carbonyl (C=O) groups is 1. The molecule has 0 saturated heterocycles. The summed E-state index contributed by atoms with van der Waals surface area (Å²) in [7, 11) is 1.71. The topological polar surface area (TPSA) is 59.6 Å². The fourth-order valence-corrected chi connectivity index (χ4v) is 3.98. The van der Waals surface area contributed by atoms with Crippen molar-refractivity contribution in [2.24, 2.45) is 0 Å². The highest BCUT2D eigenvalue weighted by Gasteiger charge is 2.37. The summed E-state index contributed by atoms with van der Waals surface area (Å²) in [5, 5.41) is 6.13. The normalized spacial score (nSPS) is 19.1. The molecule has 0 spiro atoms. The van der Waals surface area contributed by atoms with Crippen LogP contribution in [0.25, 0.3) is 11.1 Å². The van der Waals surface area contributed by atoms with Gasteiger partial charge in [-0.1, -0.05) is 24.3 Å². The van der Waals surface area contributed by atoms with Crippen LogP contribution >= 0.6 is 0 Å². The summed E-state index contributed by atoms with van der Waals surface area (Å²) in [6, 6.07) is 12.6. The Hall–Kier alpha value is -2.96. The number of hydrogen-bond acceptors (Lipinski definition) is 4. The van der Waals surface area contributed by atoms with E-state index in [4.69, 9.17) is 9.47 Å². The van der Waals surface area contributed by atoms with Gasteiger partial charge in [-0.05, 0) is 62.2 Å². The van der Waals surface area contributed by atoms with Gasteiger partial charge in [0.05, 0.1) is 11.3 Å². The molecule has 6 heteroatoms. The molecule has 0 radical (unpaired) electrons. The molecule has 2 N–H and O–H groups in total. The highest BCUT2D eigenvalue weighted by Crippen LogP contribution is 2.44. The van der Waals surface area contributed by atoms with E-state index in [0.717, 1.165) is 37.3 Å². The van der Waals surface area contributed by atoms with Crippen molar-refractivity contribution in [3.05, 3.63) is 76.8 Å². The molecule has 0 bridgehead atoms. The first-order valence-electron chi connectivity index (χ1n) is 10.4. The number of ether oxygens (including phenoxy) is 2. The van der Waals surface area contributed by atoms with Crippen LogP contribution in [0.4, 0.5) is 10.1 Å². The number of amides is 1. The van der Waals surface area contributed by atoms with Gasteiger partial charge in [-0.25, -0.2) is 4.39 Å². The highest BCUT2D eigenvalue weighted by atomic mass is 19.1. The molecule has 0 atom stereocenters. The van der Waals surface area contributed by atoms with Gasteiger partial charge < -0.3 is 20.1 Å². The first-order valence-corrected chi connectivity index (χ1v) is 10.4. The predicted octanol–water partition coefficient (Wildman–Crippen LogP) is 4.51. The van der Waals surface area contributed by atoms with E-state index in [2.05, 4.69) is 34.9 Å². The van der Waals surface area contributed by atoms with Crippen molar-refractivity contribution >= 4 is 22.7 Å². The minimum absolute atomic E-state index is 0.279. The van der Waals surface area contributed by atoms with Crippen molar-refractivity contribution in [1.82, 2.24) is 5.32 Å². The lowest BCUT2D eigenvalue weighted by molar-refractivity contribution is -0.111. The van der Waals surface area contributed by atoms with Crippen molar-refractivity contribution in [3.63, 3.8) is 0 Å². The van der Waals surface area contributed by atoms with Crippen LogP contribution < -0.4 is 10.6 Å². The molecular formula is C25H27FN2O3. The summed E-state index contributed by atoms with van der Waals surface area (Å²) < 4.78 is 24.8. The minimum atomic E-state index is -0.592. The fourth-order valence-electron chi connectivity index (χ4n) is 3.98. The molecule has 0 aromatic heterocycles. The number of halogens is 1. The van der Waals surface area contributed by atoms with Crippen LogP contribution in [0.3, 0.4) is 0 Å². The Morgan fingerprint density at radius 1 is 1.16 bits per heavy atom. The molecule has 4 rings (SSSR count). The predicted molar refractivity (Wildman–Crippen MR) is 120 cm³/mol. The number of fused-ring (bicyclic) bond motifs is 1. The van der Waals surface area contributed by atoms with Crippen LogP contribution in [-0.2, 0) is 20.8 Å². The Balaban J connectivity index is 1.57. The Labute approximate surface area is 181 Å². The van der Waals surface area contributed by atoms with Crippen LogP contribution in [-0.4, -0.2) is 31.8 Å². The number of nitrogens with one attached hydrogen (secondary N) is 2. The summed E-state index contributed by atoms with van der Waals surface area (Å²) in [5.41, 5.74) is 4.21. The summed E-state index contributed by atoms with van der Waals surface area (Å²) in [5.74, 6) is -0.159. The monoisotopic (exact) mass is 422 g/mol. The lowest BCUT2D eigenvalue weighted by Crippen LogP contribution is -2.21. The number of hydrogen-bond donors (Lipinski definition) is 2. The summed E-state index contributed by atoms with van der Waals surface area (Å²) in [6.07, 6.45) is 2.90. The van der Waals surface area contributed by atoms with E-state index in [1.165, 1.54) is 17.7 Å². The van der Waals surface area contributed by atoms with Crippen molar-refractivity contribution in [2.75, 3.05) is 25.6 Å². The Morgan fingerprint density at radius 3 is 2.68 bits per heavy atom. The van der Waals surface area contributed by atoms with Gasteiger partial charge in [-0.3, -0.25) is 4.79 Å². The maximum atomic E-state index is 13.5. The molecule has 2 aliphatic rings. The van der Waals surface area contributed by atoms with Gasteiger partial charge in [-0.15, -0.1) is 0 Å². The third kappa shape index (κ3) is 4.40. The summed E-state index contributed by atoms with van der Waals surface area (Å²) in [6.45, 7) is 6.42. The van der Waals surface area contributed by atoms with Gasteiger partial charge in [0.25, 0.3) is 5.91 Å². The molecule has 1 amide bonds. The second-order valence-electron chi connectivity index (χ2n) is 8.27. The van der Waals surface area contributed by atoms with Crippen molar-refractivity contribution in [3.8, 4) is 0 Å². The Morgan fingerprint density at radius 2 is 1.94 bits per heavy atom. The molecule has 31 heavy (non-hydrogen) atoms. The third-order valence-electron chi connectivity index (χ3n) is 5.56. The minimum Gasteiger partial charge on any atom is -0.482 e. The van der Waals surface area contributed by atoms with Crippen LogP contribution in [0.5, 0.6) is 0 Å². The number of rotatable bonds is 7. The molecule has 0 unspecified atom stereocenters. The van der Waals surface area contributed by atoms with E-state index in [1.807, 2.05) is 19.9 Å².